The minimum absolute atomic E-state index is 0.331. The summed E-state index contributed by atoms with van der Waals surface area (Å²) in [5, 5.41) is 14.1. The predicted octanol–water partition coefficient (Wildman–Crippen LogP) is 3.37. The van der Waals surface area contributed by atoms with E-state index in [1.807, 2.05) is 24.3 Å². The molecule has 1 saturated carbocycles. The lowest BCUT2D eigenvalue weighted by molar-refractivity contribution is -0.150. The van der Waals surface area contributed by atoms with E-state index in [0.29, 0.717) is 23.6 Å². The van der Waals surface area contributed by atoms with Gasteiger partial charge in [0.05, 0.1) is 6.07 Å². The molecule has 0 unspecified atom stereocenters. The molecule has 6 nitrogen and oxygen atoms in total. The molecule has 1 aliphatic rings. The first kappa shape index (κ1) is 19.0. The van der Waals surface area contributed by atoms with Gasteiger partial charge in [0.2, 0.25) is 0 Å². The summed E-state index contributed by atoms with van der Waals surface area (Å²) in [7, 11) is 0. The van der Waals surface area contributed by atoms with Crippen molar-refractivity contribution in [3.63, 3.8) is 0 Å². The summed E-state index contributed by atoms with van der Waals surface area (Å²) in [6.07, 6.45) is 3.04. The van der Waals surface area contributed by atoms with Crippen molar-refractivity contribution < 1.29 is 19.1 Å². The zero-order valence-electron chi connectivity index (χ0n) is 14.7. The van der Waals surface area contributed by atoms with E-state index in [4.69, 9.17) is 21.1 Å². The number of rotatable bonds is 6. The first-order valence-electron chi connectivity index (χ1n) is 8.71. The highest BCUT2D eigenvalue weighted by Gasteiger charge is 2.35. The second-order valence-corrected chi connectivity index (χ2v) is 6.90. The molecule has 27 heavy (non-hydrogen) atoms. The van der Waals surface area contributed by atoms with E-state index in [1.165, 1.54) is 0 Å². The Kier molecular flexibility index (Phi) is 5.82. The van der Waals surface area contributed by atoms with Crippen LogP contribution < -0.4 is 10.1 Å². The van der Waals surface area contributed by atoms with E-state index < -0.39 is 24.0 Å². The maximum absolute atomic E-state index is 12.0. The number of nitriles is 1. The molecule has 0 aromatic heterocycles. The maximum Gasteiger partial charge on any atom is 0.344 e. The van der Waals surface area contributed by atoms with Crippen LogP contribution in [-0.2, 0) is 14.3 Å². The molecule has 3 rings (SSSR count). The molecular formula is C20H19ClN2O4. The minimum atomic E-state index is -0.831. The second kappa shape index (κ2) is 8.28. The number of carbonyl (C=O) groups is 2. The third kappa shape index (κ3) is 4.50. The van der Waals surface area contributed by atoms with Crippen LogP contribution in [0.5, 0.6) is 5.75 Å². The SMILES string of the molecule is N#CC1(NC(=O)COC(=O)COc2ccc(Cl)c3ccccc23)CCCC1. The number of esters is 1. The number of hydrogen-bond donors (Lipinski definition) is 1. The largest absolute Gasteiger partial charge is 0.481 e. The lowest BCUT2D eigenvalue weighted by Crippen LogP contribution is -2.46. The van der Waals surface area contributed by atoms with E-state index in [-0.39, 0.29) is 6.61 Å². The van der Waals surface area contributed by atoms with Crippen molar-refractivity contribution >= 4 is 34.2 Å². The molecule has 0 radical (unpaired) electrons. The normalized spacial score (nSPS) is 15.1. The molecule has 140 valence electrons. The van der Waals surface area contributed by atoms with Gasteiger partial charge in [-0.1, -0.05) is 35.9 Å². The molecule has 1 fully saturated rings. The van der Waals surface area contributed by atoms with Gasteiger partial charge in [-0.2, -0.15) is 5.26 Å². The van der Waals surface area contributed by atoms with Gasteiger partial charge in [0, 0.05) is 15.8 Å². The molecule has 0 atom stereocenters. The molecule has 0 aliphatic heterocycles. The summed E-state index contributed by atoms with van der Waals surface area (Å²) in [6.45, 7) is -0.769. The molecule has 1 aliphatic carbocycles. The highest BCUT2D eigenvalue weighted by Crippen LogP contribution is 2.31. The zero-order valence-corrected chi connectivity index (χ0v) is 15.4. The van der Waals surface area contributed by atoms with Crippen molar-refractivity contribution in [3.05, 3.63) is 41.4 Å². The van der Waals surface area contributed by atoms with Crippen LogP contribution in [0.15, 0.2) is 36.4 Å². The van der Waals surface area contributed by atoms with Gasteiger partial charge in [-0.05, 0) is 37.8 Å². The van der Waals surface area contributed by atoms with Gasteiger partial charge in [-0.15, -0.1) is 0 Å². The molecule has 1 N–H and O–H groups in total. The van der Waals surface area contributed by atoms with Crippen molar-refractivity contribution in [2.75, 3.05) is 13.2 Å². The molecule has 2 aromatic carbocycles. The molecule has 1 amide bonds. The Labute approximate surface area is 162 Å². The van der Waals surface area contributed by atoms with Gasteiger partial charge in [-0.25, -0.2) is 4.79 Å². The van der Waals surface area contributed by atoms with Gasteiger partial charge < -0.3 is 14.8 Å². The van der Waals surface area contributed by atoms with Crippen LogP contribution in [-0.4, -0.2) is 30.6 Å². The van der Waals surface area contributed by atoms with Crippen LogP contribution in [0.2, 0.25) is 5.02 Å². The highest BCUT2D eigenvalue weighted by atomic mass is 35.5. The standard InChI is InChI=1S/C20H19ClN2O4/c21-16-7-8-17(15-6-2-1-5-14(15)16)26-12-19(25)27-11-18(24)23-20(13-22)9-3-4-10-20/h1-2,5-8H,3-4,9-12H2,(H,23,24). The molecule has 0 bridgehead atoms. The van der Waals surface area contributed by atoms with Crippen molar-refractivity contribution in [1.29, 1.82) is 5.26 Å². The van der Waals surface area contributed by atoms with E-state index in [1.54, 1.807) is 12.1 Å². The molecule has 7 heteroatoms. The molecular weight excluding hydrogens is 368 g/mol. The van der Waals surface area contributed by atoms with Gasteiger partial charge >= 0.3 is 5.97 Å². The third-order valence-electron chi connectivity index (χ3n) is 4.59. The quantitative estimate of drug-likeness (QED) is 0.769. The molecule has 0 heterocycles. The monoisotopic (exact) mass is 386 g/mol. The number of benzene rings is 2. The Balaban J connectivity index is 1.51. The molecule has 2 aromatic rings. The van der Waals surface area contributed by atoms with Gasteiger partial charge in [-0.3, -0.25) is 4.79 Å². The van der Waals surface area contributed by atoms with Crippen LogP contribution in [0.25, 0.3) is 10.8 Å². The van der Waals surface area contributed by atoms with Gasteiger partial charge in [0.25, 0.3) is 5.91 Å². The number of carbonyl (C=O) groups excluding carboxylic acids is 2. The summed E-state index contributed by atoms with van der Waals surface area (Å²) in [5.41, 5.74) is -0.831. The fourth-order valence-corrected chi connectivity index (χ4v) is 3.46. The number of ether oxygens (including phenoxy) is 2. The fraction of sp³-hybridized carbons (Fsp3) is 0.350. The van der Waals surface area contributed by atoms with Gasteiger partial charge in [0.1, 0.15) is 11.3 Å². The first-order chi connectivity index (χ1) is 13.0. The topological polar surface area (TPSA) is 88.4 Å². The van der Waals surface area contributed by atoms with Crippen LogP contribution in [0.3, 0.4) is 0 Å². The van der Waals surface area contributed by atoms with Gasteiger partial charge in [0.15, 0.2) is 13.2 Å². The second-order valence-electron chi connectivity index (χ2n) is 6.49. The van der Waals surface area contributed by atoms with E-state index in [9.17, 15) is 14.9 Å². The summed E-state index contributed by atoms with van der Waals surface area (Å²) in [4.78, 5) is 23.9. The lowest BCUT2D eigenvalue weighted by atomic mass is 10.00. The van der Waals surface area contributed by atoms with Crippen molar-refractivity contribution in [2.45, 2.75) is 31.2 Å². The van der Waals surface area contributed by atoms with Crippen LogP contribution in [0.1, 0.15) is 25.7 Å². The first-order valence-corrected chi connectivity index (χ1v) is 9.09. The minimum Gasteiger partial charge on any atom is -0.481 e. The Morgan fingerprint density at radius 3 is 2.52 bits per heavy atom. The van der Waals surface area contributed by atoms with E-state index >= 15 is 0 Å². The van der Waals surface area contributed by atoms with Crippen molar-refractivity contribution in [2.24, 2.45) is 0 Å². The highest BCUT2D eigenvalue weighted by molar-refractivity contribution is 6.35. The Morgan fingerprint density at radius 1 is 1.11 bits per heavy atom. The average molecular weight is 387 g/mol. The summed E-state index contributed by atoms with van der Waals surface area (Å²) in [6, 6.07) is 13.0. The summed E-state index contributed by atoms with van der Waals surface area (Å²) >= 11 is 6.15. The smallest absolute Gasteiger partial charge is 0.344 e. The summed E-state index contributed by atoms with van der Waals surface area (Å²) in [5.74, 6) is -0.642. The zero-order chi connectivity index (χ0) is 19.3. The Bertz CT molecular complexity index is 900. The van der Waals surface area contributed by atoms with Crippen LogP contribution in [0.4, 0.5) is 0 Å². The number of fused-ring (bicyclic) bond motifs is 1. The van der Waals surface area contributed by atoms with Crippen molar-refractivity contribution in [3.8, 4) is 11.8 Å². The number of amides is 1. The predicted molar refractivity (Wildman–Crippen MR) is 100 cm³/mol. The maximum atomic E-state index is 12.0. The van der Waals surface area contributed by atoms with Crippen LogP contribution in [0, 0.1) is 11.3 Å². The van der Waals surface area contributed by atoms with E-state index in [0.717, 1.165) is 23.6 Å². The molecule has 0 saturated heterocycles. The van der Waals surface area contributed by atoms with E-state index in [2.05, 4.69) is 11.4 Å². The number of hydrogen-bond acceptors (Lipinski definition) is 5. The number of nitrogens with one attached hydrogen (secondary N) is 1. The lowest BCUT2D eigenvalue weighted by Gasteiger charge is -2.21. The fourth-order valence-electron chi connectivity index (χ4n) is 3.23. The number of nitrogens with zero attached hydrogens (tertiary/aromatic N) is 1. The third-order valence-corrected chi connectivity index (χ3v) is 4.92. The Morgan fingerprint density at radius 2 is 1.81 bits per heavy atom. The number of halogens is 1. The summed E-state index contributed by atoms with van der Waals surface area (Å²) < 4.78 is 10.5. The Hall–Kier alpha value is -2.78. The van der Waals surface area contributed by atoms with Crippen LogP contribution >= 0.6 is 11.6 Å². The average Bonchev–Trinajstić information content (AvgIpc) is 3.15. The van der Waals surface area contributed by atoms with Crippen molar-refractivity contribution in [1.82, 2.24) is 5.32 Å². The molecule has 0 spiro atoms.